The summed E-state index contributed by atoms with van der Waals surface area (Å²) in [7, 11) is 0. The van der Waals surface area contributed by atoms with Crippen LogP contribution in [0.4, 0.5) is 0 Å². The Hall–Kier alpha value is -1.36. The first-order valence-electron chi connectivity index (χ1n) is 4.63. The highest BCUT2D eigenvalue weighted by Gasteiger charge is 2.28. The van der Waals surface area contributed by atoms with Crippen LogP contribution in [0.1, 0.15) is 12.8 Å². The number of carbonyl (C=O) groups is 2. The van der Waals surface area contributed by atoms with E-state index in [0.29, 0.717) is 18.7 Å². The molecule has 2 amide bonds. The third kappa shape index (κ3) is 2.36. The van der Waals surface area contributed by atoms with Gasteiger partial charge in [-0.25, -0.2) is 0 Å². The van der Waals surface area contributed by atoms with Crippen molar-refractivity contribution >= 4 is 23.6 Å². The minimum Gasteiger partial charge on any atom is -0.274 e. The Morgan fingerprint density at radius 3 is 2.40 bits per heavy atom. The Kier molecular flexibility index (Phi) is 3.01. The standard InChI is InChI=1S/C10H10N2O2S/c13-9-1-2-10(14)12(9)7-15-8-3-5-11-6-4-8/h3-6H,1-2,7H2. The van der Waals surface area contributed by atoms with E-state index < -0.39 is 0 Å². The lowest BCUT2D eigenvalue weighted by molar-refractivity contribution is -0.137. The summed E-state index contributed by atoms with van der Waals surface area (Å²) in [5.41, 5.74) is 0. The minimum absolute atomic E-state index is 0.0680. The third-order valence-corrected chi connectivity index (χ3v) is 3.16. The molecule has 0 spiro atoms. The molecule has 1 aliphatic rings. The van der Waals surface area contributed by atoms with Crippen molar-refractivity contribution in [1.29, 1.82) is 0 Å². The third-order valence-electron chi connectivity index (χ3n) is 2.16. The number of hydrogen-bond acceptors (Lipinski definition) is 4. The van der Waals surface area contributed by atoms with Crippen LogP contribution in [0.15, 0.2) is 29.4 Å². The molecule has 0 saturated carbocycles. The number of amides is 2. The fourth-order valence-corrected chi connectivity index (χ4v) is 2.22. The van der Waals surface area contributed by atoms with Crippen LogP contribution in [0.5, 0.6) is 0 Å². The fourth-order valence-electron chi connectivity index (χ4n) is 1.34. The molecule has 1 fully saturated rings. The van der Waals surface area contributed by atoms with E-state index >= 15 is 0 Å². The lowest BCUT2D eigenvalue weighted by atomic mass is 10.4. The number of nitrogens with zero attached hydrogens (tertiary/aromatic N) is 2. The van der Waals surface area contributed by atoms with Gasteiger partial charge in [-0.05, 0) is 12.1 Å². The molecule has 1 aromatic heterocycles. The van der Waals surface area contributed by atoms with E-state index in [9.17, 15) is 9.59 Å². The highest BCUT2D eigenvalue weighted by molar-refractivity contribution is 7.99. The molecule has 0 atom stereocenters. The molecule has 15 heavy (non-hydrogen) atoms. The first kappa shape index (κ1) is 10.2. The molecule has 1 aliphatic heterocycles. The van der Waals surface area contributed by atoms with E-state index in [1.54, 1.807) is 12.4 Å². The number of rotatable bonds is 3. The topological polar surface area (TPSA) is 50.3 Å². The Labute approximate surface area is 91.7 Å². The number of pyridine rings is 1. The van der Waals surface area contributed by atoms with Gasteiger partial charge in [-0.1, -0.05) is 0 Å². The molecular weight excluding hydrogens is 212 g/mol. The predicted octanol–water partition coefficient (Wildman–Crippen LogP) is 1.28. The van der Waals surface area contributed by atoms with Crippen molar-refractivity contribution in [2.45, 2.75) is 17.7 Å². The molecular formula is C10H10N2O2S. The second kappa shape index (κ2) is 4.44. The van der Waals surface area contributed by atoms with E-state index in [-0.39, 0.29) is 11.8 Å². The smallest absolute Gasteiger partial charge is 0.230 e. The molecule has 5 heteroatoms. The van der Waals surface area contributed by atoms with E-state index in [0.717, 1.165) is 4.90 Å². The van der Waals surface area contributed by atoms with Gasteiger partial charge in [0.15, 0.2) is 0 Å². The largest absolute Gasteiger partial charge is 0.274 e. The highest BCUT2D eigenvalue weighted by atomic mass is 32.2. The van der Waals surface area contributed by atoms with Crippen LogP contribution in [0.3, 0.4) is 0 Å². The average molecular weight is 222 g/mol. The van der Waals surface area contributed by atoms with Gasteiger partial charge in [0.25, 0.3) is 0 Å². The van der Waals surface area contributed by atoms with Crippen LogP contribution in [0.2, 0.25) is 0 Å². The van der Waals surface area contributed by atoms with Crippen LogP contribution in [-0.4, -0.2) is 27.6 Å². The number of aromatic nitrogens is 1. The van der Waals surface area contributed by atoms with Gasteiger partial charge < -0.3 is 0 Å². The zero-order valence-corrected chi connectivity index (χ0v) is 8.87. The van der Waals surface area contributed by atoms with Gasteiger partial charge in [0.1, 0.15) is 0 Å². The van der Waals surface area contributed by atoms with Crippen molar-refractivity contribution in [1.82, 2.24) is 9.88 Å². The Morgan fingerprint density at radius 2 is 1.80 bits per heavy atom. The zero-order valence-electron chi connectivity index (χ0n) is 8.05. The van der Waals surface area contributed by atoms with Gasteiger partial charge in [-0.15, -0.1) is 11.8 Å². The maximum atomic E-state index is 11.3. The Balaban J connectivity index is 1.93. The van der Waals surface area contributed by atoms with Gasteiger partial charge in [0, 0.05) is 30.1 Å². The van der Waals surface area contributed by atoms with E-state index in [2.05, 4.69) is 4.98 Å². The second-order valence-corrected chi connectivity index (χ2v) is 4.19. The summed E-state index contributed by atoms with van der Waals surface area (Å²) in [6.07, 6.45) is 4.09. The van der Waals surface area contributed by atoms with E-state index in [1.165, 1.54) is 16.7 Å². The van der Waals surface area contributed by atoms with Crippen LogP contribution in [0.25, 0.3) is 0 Å². The van der Waals surface area contributed by atoms with Crippen molar-refractivity contribution < 1.29 is 9.59 Å². The lowest BCUT2D eigenvalue weighted by Gasteiger charge is -2.12. The summed E-state index contributed by atoms with van der Waals surface area (Å²) < 4.78 is 0. The number of likely N-dealkylation sites (tertiary alicyclic amines) is 1. The van der Waals surface area contributed by atoms with Crippen LogP contribution >= 0.6 is 11.8 Å². The number of carbonyl (C=O) groups excluding carboxylic acids is 2. The summed E-state index contributed by atoms with van der Waals surface area (Å²) in [6, 6.07) is 3.71. The highest BCUT2D eigenvalue weighted by Crippen LogP contribution is 2.21. The molecule has 0 aromatic carbocycles. The molecule has 1 aromatic rings. The zero-order chi connectivity index (χ0) is 10.7. The van der Waals surface area contributed by atoms with Gasteiger partial charge in [-0.3, -0.25) is 19.5 Å². The molecule has 78 valence electrons. The maximum absolute atomic E-state index is 11.3. The Morgan fingerprint density at radius 1 is 1.20 bits per heavy atom. The molecule has 0 bridgehead atoms. The first-order chi connectivity index (χ1) is 7.27. The minimum atomic E-state index is -0.0680. The normalized spacial score (nSPS) is 16.1. The van der Waals surface area contributed by atoms with Crippen LogP contribution in [-0.2, 0) is 9.59 Å². The van der Waals surface area contributed by atoms with Gasteiger partial charge >= 0.3 is 0 Å². The molecule has 0 radical (unpaired) electrons. The molecule has 2 rings (SSSR count). The Bertz CT molecular complexity index is 364. The van der Waals surface area contributed by atoms with Gasteiger partial charge in [0.2, 0.25) is 11.8 Å². The average Bonchev–Trinajstić information content (AvgIpc) is 2.58. The predicted molar refractivity (Wildman–Crippen MR) is 56.0 cm³/mol. The summed E-state index contributed by atoms with van der Waals surface area (Å²) in [5, 5.41) is 0. The summed E-state index contributed by atoms with van der Waals surface area (Å²) >= 11 is 1.47. The lowest BCUT2D eigenvalue weighted by Crippen LogP contribution is -2.28. The fraction of sp³-hybridized carbons (Fsp3) is 0.300. The number of thioether (sulfide) groups is 1. The SMILES string of the molecule is O=C1CCC(=O)N1CSc1ccncc1. The monoisotopic (exact) mass is 222 g/mol. The van der Waals surface area contributed by atoms with Gasteiger partial charge in [0.05, 0.1) is 5.88 Å². The van der Waals surface area contributed by atoms with Crippen LogP contribution < -0.4 is 0 Å². The summed E-state index contributed by atoms with van der Waals surface area (Å²) in [4.78, 5) is 28.8. The van der Waals surface area contributed by atoms with Crippen molar-refractivity contribution in [3.8, 4) is 0 Å². The molecule has 0 unspecified atom stereocenters. The quantitative estimate of drug-likeness (QED) is 0.571. The summed E-state index contributed by atoms with van der Waals surface area (Å²) in [5.74, 6) is 0.268. The maximum Gasteiger partial charge on any atom is 0.230 e. The van der Waals surface area contributed by atoms with E-state index in [4.69, 9.17) is 0 Å². The number of imide groups is 1. The van der Waals surface area contributed by atoms with E-state index in [1.807, 2.05) is 12.1 Å². The molecule has 1 saturated heterocycles. The molecule has 0 aliphatic carbocycles. The van der Waals surface area contributed by atoms with Gasteiger partial charge in [-0.2, -0.15) is 0 Å². The van der Waals surface area contributed by atoms with Crippen LogP contribution in [0, 0.1) is 0 Å². The van der Waals surface area contributed by atoms with Crippen molar-refractivity contribution in [2.24, 2.45) is 0 Å². The molecule has 4 nitrogen and oxygen atoms in total. The van der Waals surface area contributed by atoms with Crippen molar-refractivity contribution in [3.63, 3.8) is 0 Å². The summed E-state index contributed by atoms with van der Waals surface area (Å²) in [6.45, 7) is 0. The van der Waals surface area contributed by atoms with Crippen molar-refractivity contribution in [3.05, 3.63) is 24.5 Å². The first-order valence-corrected chi connectivity index (χ1v) is 5.62. The second-order valence-electron chi connectivity index (χ2n) is 3.17. The van der Waals surface area contributed by atoms with Crippen molar-refractivity contribution in [2.75, 3.05) is 5.88 Å². The molecule has 0 N–H and O–H groups in total. The number of hydrogen-bond donors (Lipinski definition) is 0. The molecule has 2 heterocycles.